The van der Waals surface area contributed by atoms with E-state index in [0.29, 0.717) is 12.4 Å². The fraction of sp³-hybridized carbons (Fsp3) is 0.625. The fourth-order valence-electron chi connectivity index (χ4n) is 2.70. The van der Waals surface area contributed by atoms with Crippen molar-refractivity contribution in [1.29, 1.82) is 0 Å². The molecule has 0 aromatic heterocycles. The van der Waals surface area contributed by atoms with E-state index in [2.05, 4.69) is 11.8 Å². The molecule has 0 N–H and O–H groups in total. The lowest BCUT2D eigenvalue weighted by Gasteiger charge is -2.30. The van der Waals surface area contributed by atoms with Crippen LogP contribution in [0.15, 0.2) is 29.2 Å². The first-order valence-corrected chi connectivity index (χ1v) is 9.21. The summed E-state index contributed by atoms with van der Waals surface area (Å²) in [6.07, 6.45) is 2.58. The maximum Gasteiger partial charge on any atom is 0.242 e. The summed E-state index contributed by atoms with van der Waals surface area (Å²) >= 11 is 0. The summed E-state index contributed by atoms with van der Waals surface area (Å²) in [5.41, 5.74) is 0. The lowest BCUT2D eigenvalue weighted by Crippen LogP contribution is -2.37. The van der Waals surface area contributed by atoms with Crippen molar-refractivity contribution in [3.8, 4) is 5.75 Å². The highest BCUT2D eigenvalue weighted by Crippen LogP contribution is 2.19. The summed E-state index contributed by atoms with van der Waals surface area (Å²) in [7, 11) is -0.314. The van der Waals surface area contributed by atoms with Gasteiger partial charge in [-0.25, -0.2) is 12.7 Å². The van der Waals surface area contributed by atoms with Gasteiger partial charge in [-0.3, -0.25) is 4.90 Å². The second kappa shape index (κ2) is 7.44. The van der Waals surface area contributed by atoms with E-state index in [-0.39, 0.29) is 4.90 Å². The highest BCUT2D eigenvalue weighted by molar-refractivity contribution is 7.89. The van der Waals surface area contributed by atoms with Gasteiger partial charge < -0.3 is 4.74 Å². The van der Waals surface area contributed by atoms with Crippen molar-refractivity contribution in [3.05, 3.63) is 24.3 Å². The first-order valence-electron chi connectivity index (χ1n) is 7.77. The van der Waals surface area contributed by atoms with E-state index >= 15 is 0 Å². The number of nitrogens with zero attached hydrogens (tertiary/aromatic N) is 2. The maximum absolute atomic E-state index is 12.0. The third-order valence-corrected chi connectivity index (χ3v) is 5.85. The lowest BCUT2D eigenvalue weighted by molar-refractivity contribution is 0.153. The van der Waals surface area contributed by atoms with E-state index in [0.717, 1.165) is 25.6 Å². The zero-order valence-electron chi connectivity index (χ0n) is 13.7. The van der Waals surface area contributed by atoms with Gasteiger partial charge in [0.05, 0.1) is 4.90 Å². The molecule has 2 rings (SSSR count). The predicted octanol–water partition coefficient (Wildman–Crippen LogP) is 2.05. The molecule has 1 atom stereocenters. The monoisotopic (exact) mass is 326 g/mol. The van der Waals surface area contributed by atoms with Crippen LogP contribution in [0, 0.1) is 5.92 Å². The summed E-state index contributed by atoms with van der Waals surface area (Å²) in [4.78, 5) is 2.72. The first kappa shape index (κ1) is 17.2. The molecule has 6 heteroatoms. The summed E-state index contributed by atoms with van der Waals surface area (Å²) in [6, 6.07) is 6.62. The van der Waals surface area contributed by atoms with Crippen molar-refractivity contribution in [1.82, 2.24) is 9.21 Å². The Balaban J connectivity index is 1.84. The molecule has 1 aromatic carbocycles. The van der Waals surface area contributed by atoms with E-state index in [4.69, 9.17) is 4.74 Å². The Morgan fingerprint density at radius 2 is 1.95 bits per heavy atom. The van der Waals surface area contributed by atoms with Crippen molar-refractivity contribution >= 4 is 10.0 Å². The summed E-state index contributed by atoms with van der Waals surface area (Å²) in [5.74, 6) is 1.48. The molecule has 1 fully saturated rings. The van der Waals surface area contributed by atoms with Crippen LogP contribution < -0.4 is 4.74 Å². The number of hydrogen-bond acceptors (Lipinski definition) is 4. The number of likely N-dealkylation sites (tertiary alicyclic amines) is 1. The molecular weight excluding hydrogens is 300 g/mol. The molecule has 22 heavy (non-hydrogen) atoms. The molecule has 124 valence electrons. The molecule has 1 saturated heterocycles. The highest BCUT2D eigenvalue weighted by atomic mass is 32.2. The molecule has 0 radical (unpaired) electrons. The topological polar surface area (TPSA) is 49.9 Å². The minimum atomic E-state index is -3.37. The number of ether oxygens (including phenoxy) is 1. The normalized spacial score (nSPS) is 20.3. The Labute approximate surface area is 133 Å². The Morgan fingerprint density at radius 1 is 1.27 bits per heavy atom. The predicted molar refractivity (Wildman–Crippen MR) is 87.6 cm³/mol. The van der Waals surface area contributed by atoms with Gasteiger partial charge in [0.2, 0.25) is 10.0 Å². The third kappa shape index (κ3) is 4.44. The minimum Gasteiger partial charge on any atom is -0.492 e. The average molecular weight is 326 g/mol. The molecule has 1 unspecified atom stereocenters. The fourth-order valence-corrected chi connectivity index (χ4v) is 3.60. The van der Waals surface area contributed by atoms with Crippen LogP contribution >= 0.6 is 0 Å². The van der Waals surface area contributed by atoms with Crippen molar-refractivity contribution in [2.75, 3.05) is 40.3 Å². The van der Waals surface area contributed by atoms with Gasteiger partial charge in [-0.2, -0.15) is 0 Å². The van der Waals surface area contributed by atoms with Crippen molar-refractivity contribution in [2.45, 2.75) is 24.7 Å². The van der Waals surface area contributed by atoms with E-state index in [9.17, 15) is 8.42 Å². The Bertz CT molecular complexity index is 570. The third-order valence-electron chi connectivity index (χ3n) is 4.02. The molecular formula is C16H26N2O3S. The molecule has 0 saturated carbocycles. The quantitative estimate of drug-likeness (QED) is 0.803. The van der Waals surface area contributed by atoms with Crippen LogP contribution in [0.25, 0.3) is 0 Å². The van der Waals surface area contributed by atoms with Gasteiger partial charge >= 0.3 is 0 Å². The zero-order chi connectivity index (χ0) is 16.2. The van der Waals surface area contributed by atoms with Gasteiger partial charge in [0.25, 0.3) is 0 Å². The maximum atomic E-state index is 12.0. The average Bonchev–Trinajstić information content (AvgIpc) is 2.48. The van der Waals surface area contributed by atoms with Gasteiger partial charge in [-0.05, 0) is 49.6 Å². The molecule has 1 heterocycles. The summed E-state index contributed by atoms with van der Waals surface area (Å²) in [6.45, 7) is 6.13. The van der Waals surface area contributed by atoms with E-state index in [1.807, 2.05) is 0 Å². The number of sulfonamides is 1. The van der Waals surface area contributed by atoms with E-state index in [1.54, 1.807) is 24.3 Å². The molecule has 0 spiro atoms. The molecule has 0 bridgehead atoms. The molecule has 0 amide bonds. The Kier molecular flexibility index (Phi) is 5.83. The van der Waals surface area contributed by atoms with Crippen LogP contribution in [-0.4, -0.2) is 58.0 Å². The lowest BCUT2D eigenvalue weighted by atomic mass is 10.0. The largest absolute Gasteiger partial charge is 0.492 e. The zero-order valence-corrected chi connectivity index (χ0v) is 14.5. The van der Waals surface area contributed by atoms with Crippen LogP contribution in [0.1, 0.15) is 19.8 Å². The molecule has 1 aliphatic rings. The van der Waals surface area contributed by atoms with Gasteiger partial charge in [-0.15, -0.1) is 0 Å². The first-order chi connectivity index (χ1) is 10.4. The highest BCUT2D eigenvalue weighted by Gasteiger charge is 2.17. The standard InChI is InChI=1S/C16H26N2O3S/c1-14-5-4-10-18(13-14)11-12-21-15-6-8-16(9-7-15)22(19,20)17(2)3/h6-9,14H,4-5,10-13H2,1-3H3. The molecule has 0 aliphatic carbocycles. The second-order valence-corrected chi connectivity index (χ2v) is 8.31. The molecule has 1 aromatic rings. The van der Waals surface area contributed by atoms with E-state index < -0.39 is 10.0 Å². The van der Waals surface area contributed by atoms with Crippen LogP contribution in [0.3, 0.4) is 0 Å². The Hall–Kier alpha value is -1.11. The number of benzene rings is 1. The van der Waals surface area contributed by atoms with Gasteiger partial charge in [0.15, 0.2) is 0 Å². The van der Waals surface area contributed by atoms with Crippen LogP contribution in [-0.2, 0) is 10.0 Å². The molecule has 5 nitrogen and oxygen atoms in total. The van der Waals surface area contributed by atoms with Crippen LogP contribution in [0.2, 0.25) is 0 Å². The van der Waals surface area contributed by atoms with Crippen molar-refractivity contribution in [3.63, 3.8) is 0 Å². The summed E-state index contributed by atoms with van der Waals surface area (Å²) < 4.78 is 30.9. The van der Waals surface area contributed by atoms with Crippen molar-refractivity contribution in [2.24, 2.45) is 5.92 Å². The van der Waals surface area contributed by atoms with E-state index in [1.165, 1.54) is 31.2 Å². The van der Waals surface area contributed by atoms with Gasteiger partial charge in [-0.1, -0.05) is 6.92 Å². The number of piperidine rings is 1. The second-order valence-electron chi connectivity index (χ2n) is 6.16. The van der Waals surface area contributed by atoms with Crippen LogP contribution in [0.4, 0.5) is 0 Å². The molecule has 1 aliphatic heterocycles. The van der Waals surface area contributed by atoms with Crippen molar-refractivity contribution < 1.29 is 13.2 Å². The van der Waals surface area contributed by atoms with Gasteiger partial charge in [0.1, 0.15) is 12.4 Å². The Morgan fingerprint density at radius 3 is 2.55 bits per heavy atom. The summed E-state index contributed by atoms with van der Waals surface area (Å²) in [5, 5.41) is 0. The minimum absolute atomic E-state index is 0.287. The number of hydrogen-bond donors (Lipinski definition) is 0. The smallest absolute Gasteiger partial charge is 0.242 e. The SMILES string of the molecule is CC1CCCN(CCOc2ccc(S(=O)(=O)N(C)C)cc2)C1. The van der Waals surface area contributed by atoms with Gasteiger partial charge in [0, 0.05) is 27.2 Å². The van der Waals surface area contributed by atoms with Crippen LogP contribution in [0.5, 0.6) is 5.75 Å². The number of rotatable bonds is 6.